The molecule has 0 unspecified atom stereocenters. The summed E-state index contributed by atoms with van der Waals surface area (Å²) in [6.07, 6.45) is -4.47. The summed E-state index contributed by atoms with van der Waals surface area (Å²) < 4.78 is 54.7. The summed E-state index contributed by atoms with van der Waals surface area (Å²) >= 11 is 0. The molecule has 0 spiro atoms. The molecule has 0 aliphatic heterocycles. The van der Waals surface area contributed by atoms with Crippen LogP contribution in [0.15, 0.2) is 81.2 Å². The van der Waals surface area contributed by atoms with Crippen molar-refractivity contribution in [1.82, 2.24) is 0 Å². The van der Waals surface area contributed by atoms with Crippen LogP contribution in [-0.4, -0.2) is 12.8 Å². The lowest BCUT2D eigenvalue weighted by Gasteiger charge is -2.05. The fourth-order valence-corrected chi connectivity index (χ4v) is 4.55. The molecule has 0 bridgehead atoms. The smallest absolute Gasteiger partial charge is 0.399 e. The van der Waals surface area contributed by atoms with Gasteiger partial charge in [0, 0.05) is 10.8 Å². The van der Waals surface area contributed by atoms with Crippen LogP contribution >= 0.6 is 8.24 Å². The Morgan fingerprint density at radius 2 is 1.17 bits per heavy atom. The summed E-state index contributed by atoms with van der Waals surface area (Å²) in [5, 5.41) is 5.43. The van der Waals surface area contributed by atoms with E-state index in [4.69, 9.17) is 12.9 Å². The molecule has 3 nitrogen and oxygen atoms in total. The molecule has 0 atom stereocenters. The predicted molar refractivity (Wildman–Crippen MR) is 109 cm³/mol. The maximum Gasteiger partial charge on any atom is 0.412 e. The lowest BCUT2D eigenvalue weighted by molar-refractivity contribution is -0.147. The Kier molecular flexibility index (Phi) is 4.26. The largest absolute Gasteiger partial charge is 0.412 e. The molecule has 0 N–H and O–H groups in total. The number of alkyl halides is 3. The highest BCUT2D eigenvalue weighted by Gasteiger charge is 2.29. The van der Waals surface area contributed by atoms with Gasteiger partial charge >= 0.3 is 14.4 Å². The van der Waals surface area contributed by atoms with E-state index in [1.807, 2.05) is 60.7 Å². The molecule has 0 saturated carbocycles. The number of hydrogen-bond donors (Lipinski definition) is 0. The van der Waals surface area contributed by atoms with Crippen molar-refractivity contribution in [2.24, 2.45) is 0 Å². The highest BCUT2D eigenvalue weighted by molar-refractivity contribution is 7.31. The predicted octanol–water partition coefficient (Wildman–Crippen LogP) is 7.59. The molecule has 0 amide bonds. The minimum Gasteiger partial charge on any atom is -0.399 e. The van der Waals surface area contributed by atoms with Crippen molar-refractivity contribution in [2.75, 3.05) is 6.61 Å². The molecule has 29 heavy (non-hydrogen) atoms. The molecular formula is C22H14F3O3P. The standard InChI is InChI=1S/C22H14F3O3P/c23-22(24,25)13-26-29-27-18-11-9-14-5-1-3-7-16(14)20(18)21-17-8-4-2-6-15(17)10-12-19(21)28-29/h1-12H,13H2. The molecule has 0 radical (unpaired) electrons. The van der Waals surface area contributed by atoms with Gasteiger partial charge in [0.05, 0.1) is 0 Å². The third-order valence-corrected chi connectivity index (χ3v) is 5.74. The minimum atomic E-state index is -4.47. The van der Waals surface area contributed by atoms with Gasteiger partial charge in [-0.3, -0.25) is 4.52 Å². The molecule has 0 aliphatic carbocycles. The maximum absolute atomic E-state index is 12.7. The van der Waals surface area contributed by atoms with E-state index < -0.39 is 21.0 Å². The quantitative estimate of drug-likeness (QED) is 0.299. The van der Waals surface area contributed by atoms with Gasteiger partial charge in [-0.05, 0) is 33.7 Å². The van der Waals surface area contributed by atoms with Gasteiger partial charge in [-0.2, -0.15) is 13.2 Å². The van der Waals surface area contributed by atoms with E-state index in [0.717, 1.165) is 32.3 Å². The summed E-state index contributed by atoms with van der Waals surface area (Å²) in [5.41, 5.74) is 0.874. The van der Waals surface area contributed by atoms with Crippen molar-refractivity contribution in [3.8, 4) is 0 Å². The Hall–Kier alpha value is -2.95. The van der Waals surface area contributed by atoms with Gasteiger partial charge in [-0.1, -0.05) is 60.7 Å². The average molecular weight is 414 g/mol. The van der Waals surface area contributed by atoms with E-state index in [-0.39, 0.29) is 0 Å². The summed E-state index contributed by atoms with van der Waals surface area (Å²) in [7, 11) is -2.27. The molecule has 0 fully saturated rings. The van der Waals surface area contributed by atoms with Gasteiger partial charge in [-0.25, -0.2) is 0 Å². The van der Waals surface area contributed by atoms with Crippen molar-refractivity contribution in [3.05, 3.63) is 72.8 Å². The molecular weight excluding hydrogens is 400 g/mol. The van der Waals surface area contributed by atoms with Gasteiger partial charge in [-0.15, -0.1) is 0 Å². The SMILES string of the molecule is FC(F)(F)COp1oc2ccc3ccccc3c2c2c(ccc3ccccc32)o1. The Balaban J connectivity index is 1.96. The molecule has 4 aromatic carbocycles. The highest BCUT2D eigenvalue weighted by atomic mass is 31.1. The minimum absolute atomic E-state index is 0.437. The molecule has 0 saturated heterocycles. The van der Waals surface area contributed by atoms with E-state index in [0.29, 0.717) is 11.2 Å². The Morgan fingerprint density at radius 3 is 1.66 bits per heavy atom. The van der Waals surface area contributed by atoms with Crippen LogP contribution in [0.2, 0.25) is 0 Å². The summed E-state index contributed by atoms with van der Waals surface area (Å²) in [4.78, 5) is 0. The van der Waals surface area contributed by atoms with Crippen molar-refractivity contribution in [2.45, 2.75) is 6.18 Å². The van der Waals surface area contributed by atoms with Crippen LogP contribution in [0, 0.1) is 0 Å². The van der Waals surface area contributed by atoms with Crippen LogP contribution in [0.1, 0.15) is 0 Å². The lowest BCUT2D eigenvalue weighted by atomic mass is 9.99. The Bertz CT molecular complexity index is 1310. The van der Waals surface area contributed by atoms with Crippen LogP contribution in [0.3, 0.4) is 0 Å². The first-order chi connectivity index (χ1) is 14.0. The van der Waals surface area contributed by atoms with Gasteiger partial charge < -0.3 is 8.39 Å². The van der Waals surface area contributed by atoms with Crippen LogP contribution in [0.4, 0.5) is 13.2 Å². The van der Waals surface area contributed by atoms with Gasteiger partial charge in [0.1, 0.15) is 11.2 Å². The van der Waals surface area contributed by atoms with E-state index in [9.17, 15) is 13.2 Å². The second kappa shape index (κ2) is 6.83. The lowest BCUT2D eigenvalue weighted by Crippen LogP contribution is -2.18. The number of hydrogen-bond acceptors (Lipinski definition) is 3. The third kappa shape index (κ3) is 3.35. The molecule has 146 valence electrons. The first-order valence-electron chi connectivity index (χ1n) is 8.89. The maximum atomic E-state index is 12.7. The molecule has 5 rings (SSSR count). The normalized spacial score (nSPS) is 12.2. The Morgan fingerprint density at radius 1 is 0.690 bits per heavy atom. The number of halogens is 3. The number of rotatable bonds is 2. The molecule has 1 heterocycles. The van der Waals surface area contributed by atoms with E-state index >= 15 is 0 Å². The summed E-state index contributed by atoms with van der Waals surface area (Å²) in [6.45, 7) is -1.44. The topological polar surface area (TPSA) is 35.5 Å². The van der Waals surface area contributed by atoms with Crippen LogP contribution < -0.4 is 4.52 Å². The van der Waals surface area contributed by atoms with Crippen molar-refractivity contribution >= 4 is 51.7 Å². The molecule has 5 aromatic rings. The first-order valence-corrected chi connectivity index (χ1v) is 9.99. The summed E-state index contributed by atoms with van der Waals surface area (Å²) in [5.74, 6) is 0. The number of benzene rings is 4. The van der Waals surface area contributed by atoms with E-state index in [2.05, 4.69) is 0 Å². The molecule has 7 heteroatoms. The first kappa shape index (κ1) is 18.1. The van der Waals surface area contributed by atoms with Crippen LogP contribution in [0.5, 0.6) is 0 Å². The third-order valence-electron chi connectivity index (χ3n) is 4.71. The molecule has 0 aliphatic rings. The van der Waals surface area contributed by atoms with E-state index in [1.165, 1.54) is 0 Å². The Labute approximate surface area is 163 Å². The van der Waals surface area contributed by atoms with Crippen LogP contribution in [-0.2, 0) is 0 Å². The van der Waals surface area contributed by atoms with Gasteiger partial charge in [0.25, 0.3) is 0 Å². The van der Waals surface area contributed by atoms with Crippen molar-refractivity contribution in [3.63, 3.8) is 0 Å². The number of fused-ring (bicyclic) bond motifs is 7. The van der Waals surface area contributed by atoms with Crippen molar-refractivity contribution < 1.29 is 26.1 Å². The van der Waals surface area contributed by atoms with Crippen LogP contribution in [0.25, 0.3) is 43.5 Å². The second-order valence-corrected chi connectivity index (χ2v) is 7.69. The van der Waals surface area contributed by atoms with Crippen molar-refractivity contribution in [1.29, 1.82) is 0 Å². The second-order valence-electron chi connectivity index (χ2n) is 6.61. The zero-order chi connectivity index (χ0) is 20.0. The average Bonchev–Trinajstić information content (AvgIpc) is 2.88. The zero-order valence-corrected chi connectivity index (χ0v) is 15.8. The molecule has 1 aromatic heterocycles. The monoisotopic (exact) mass is 414 g/mol. The highest BCUT2D eigenvalue weighted by Crippen LogP contribution is 2.40. The fourth-order valence-electron chi connectivity index (χ4n) is 3.53. The van der Waals surface area contributed by atoms with Gasteiger partial charge in [0.2, 0.25) is 0 Å². The van der Waals surface area contributed by atoms with E-state index in [1.54, 1.807) is 12.1 Å². The zero-order valence-electron chi connectivity index (χ0n) is 14.9. The fraction of sp³-hybridized carbons (Fsp3) is 0.0909. The van der Waals surface area contributed by atoms with Gasteiger partial charge in [0.15, 0.2) is 6.61 Å². The summed E-state index contributed by atoms with van der Waals surface area (Å²) in [6, 6.07) is 22.9.